The first-order valence-electron chi connectivity index (χ1n) is 3.34. The normalized spacial score (nSPS) is 18.3. The molecule has 6 nitrogen and oxygen atoms in total. The summed E-state index contributed by atoms with van der Waals surface area (Å²) in [6, 6.07) is 0. The van der Waals surface area contributed by atoms with Crippen LogP contribution in [0.3, 0.4) is 0 Å². The standard InChI is InChI=1S/C6H12O6/c1-3(8)12-5(6(10)11)4(9)2-7/h3-5,7-9H,2H2,1H3,(H,10,11)/t3-,4?,5?/m1/s1. The number of aliphatic carboxylic acids is 1. The minimum absolute atomic E-state index is 0.732. The molecule has 4 N–H and O–H groups in total. The molecule has 12 heavy (non-hydrogen) atoms. The predicted octanol–water partition coefficient (Wildman–Crippen LogP) is -1.85. The van der Waals surface area contributed by atoms with E-state index < -0.39 is 31.1 Å². The van der Waals surface area contributed by atoms with E-state index in [1.54, 1.807) is 0 Å². The summed E-state index contributed by atoms with van der Waals surface area (Å²) < 4.78 is 4.41. The number of aliphatic hydroxyl groups is 3. The van der Waals surface area contributed by atoms with Crippen LogP contribution in [0, 0.1) is 0 Å². The molecule has 0 aromatic carbocycles. The van der Waals surface area contributed by atoms with Crippen molar-refractivity contribution >= 4 is 5.97 Å². The van der Waals surface area contributed by atoms with Crippen molar-refractivity contribution in [1.29, 1.82) is 0 Å². The third kappa shape index (κ3) is 3.63. The highest BCUT2D eigenvalue weighted by molar-refractivity contribution is 5.73. The van der Waals surface area contributed by atoms with Gasteiger partial charge in [-0.3, -0.25) is 0 Å². The van der Waals surface area contributed by atoms with E-state index in [0.29, 0.717) is 0 Å². The van der Waals surface area contributed by atoms with Crippen molar-refractivity contribution in [3.63, 3.8) is 0 Å². The molecule has 0 bridgehead atoms. The van der Waals surface area contributed by atoms with Crippen LogP contribution in [0.2, 0.25) is 0 Å². The molecule has 0 saturated heterocycles. The molecular formula is C6H12O6. The molecule has 0 fully saturated rings. The molecule has 0 aliphatic rings. The third-order valence-electron chi connectivity index (χ3n) is 1.12. The molecule has 0 saturated carbocycles. The molecule has 0 aromatic heterocycles. The molecule has 2 unspecified atom stereocenters. The SMILES string of the molecule is C[C@H](O)OC(C(=O)O)C(O)CO. The summed E-state index contributed by atoms with van der Waals surface area (Å²) >= 11 is 0. The zero-order valence-electron chi connectivity index (χ0n) is 6.54. The Morgan fingerprint density at radius 3 is 2.25 bits per heavy atom. The Morgan fingerprint density at radius 2 is 2.00 bits per heavy atom. The van der Waals surface area contributed by atoms with Gasteiger partial charge in [-0.1, -0.05) is 0 Å². The molecule has 0 radical (unpaired) electrons. The zero-order chi connectivity index (χ0) is 9.72. The minimum atomic E-state index is -1.60. The van der Waals surface area contributed by atoms with Gasteiger partial charge in [0.15, 0.2) is 12.4 Å². The van der Waals surface area contributed by atoms with Gasteiger partial charge in [0, 0.05) is 0 Å². The zero-order valence-corrected chi connectivity index (χ0v) is 6.54. The second-order valence-corrected chi connectivity index (χ2v) is 2.24. The lowest BCUT2D eigenvalue weighted by molar-refractivity contribution is -0.189. The van der Waals surface area contributed by atoms with Crippen LogP contribution >= 0.6 is 0 Å². The maximum absolute atomic E-state index is 10.3. The van der Waals surface area contributed by atoms with Gasteiger partial charge >= 0.3 is 5.97 Å². The summed E-state index contributed by atoms with van der Waals surface area (Å²) in [5, 5.41) is 34.3. The Balaban J connectivity index is 4.13. The monoisotopic (exact) mass is 180 g/mol. The van der Waals surface area contributed by atoms with E-state index >= 15 is 0 Å². The molecule has 0 amide bonds. The first-order valence-corrected chi connectivity index (χ1v) is 3.34. The van der Waals surface area contributed by atoms with E-state index in [4.69, 9.17) is 20.4 Å². The number of hydrogen-bond donors (Lipinski definition) is 4. The summed E-state index contributed by atoms with van der Waals surface area (Å²) in [6.45, 7) is 0.476. The van der Waals surface area contributed by atoms with Crippen molar-refractivity contribution in [2.24, 2.45) is 0 Å². The molecule has 72 valence electrons. The van der Waals surface area contributed by atoms with Crippen LogP contribution in [0.1, 0.15) is 6.92 Å². The van der Waals surface area contributed by atoms with Crippen LogP contribution in [0.25, 0.3) is 0 Å². The first-order chi connectivity index (χ1) is 5.49. The quantitative estimate of drug-likeness (QED) is 0.370. The number of rotatable bonds is 5. The Kier molecular flexibility index (Phi) is 4.75. The maximum Gasteiger partial charge on any atom is 0.335 e. The lowest BCUT2D eigenvalue weighted by atomic mass is 10.2. The number of carboxylic acids is 1. The smallest absolute Gasteiger partial charge is 0.335 e. The predicted molar refractivity (Wildman–Crippen MR) is 37.3 cm³/mol. The van der Waals surface area contributed by atoms with Gasteiger partial charge in [-0.25, -0.2) is 4.79 Å². The van der Waals surface area contributed by atoms with Gasteiger partial charge in [0.2, 0.25) is 0 Å². The van der Waals surface area contributed by atoms with Crippen molar-refractivity contribution in [1.82, 2.24) is 0 Å². The van der Waals surface area contributed by atoms with E-state index in [2.05, 4.69) is 4.74 Å². The average molecular weight is 180 g/mol. The molecule has 0 spiro atoms. The highest BCUT2D eigenvalue weighted by Crippen LogP contribution is 2.02. The van der Waals surface area contributed by atoms with E-state index in [1.165, 1.54) is 6.92 Å². The van der Waals surface area contributed by atoms with Crippen LogP contribution in [-0.4, -0.2) is 51.5 Å². The van der Waals surface area contributed by atoms with Crippen LogP contribution < -0.4 is 0 Å². The number of hydrogen-bond acceptors (Lipinski definition) is 5. The summed E-state index contributed by atoms with van der Waals surface area (Å²) in [6.07, 6.45) is -4.43. The fraction of sp³-hybridized carbons (Fsp3) is 0.833. The lowest BCUT2D eigenvalue weighted by Gasteiger charge is -2.19. The van der Waals surface area contributed by atoms with Gasteiger partial charge in [0.1, 0.15) is 6.10 Å². The van der Waals surface area contributed by atoms with Gasteiger partial charge in [0.05, 0.1) is 6.61 Å². The topological polar surface area (TPSA) is 107 Å². The van der Waals surface area contributed by atoms with Gasteiger partial charge in [-0.05, 0) is 6.92 Å². The van der Waals surface area contributed by atoms with Gasteiger partial charge in [0.25, 0.3) is 0 Å². The van der Waals surface area contributed by atoms with Gasteiger partial charge in [-0.2, -0.15) is 0 Å². The Bertz CT molecular complexity index is 145. The van der Waals surface area contributed by atoms with Crippen LogP contribution in [-0.2, 0) is 9.53 Å². The Morgan fingerprint density at radius 1 is 1.50 bits per heavy atom. The summed E-state index contributed by atoms with van der Waals surface area (Å²) in [7, 11) is 0. The minimum Gasteiger partial charge on any atom is -0.479 e. The molecule has 0 aliphatic carbocycles. The fourth-order valence-electron chi connectivity index (χ4n) is 0.621. The summed E-state index contributed by atoms with van der Waals surface area (Å²) in [5.74, 6) is -1.43. The van der Waals surface area contributed by atoms with Crippen LogP contribution in [0.15, 0.2) is 0 Å². The second-order valence-electron chi connectivity index (χ2n) is 2.24. The van der Waals surface area contributed by atoms with Crippen molar-refractivity contribution in [3.05, 3.63) is 0 Å². The van der Waals surface area contributed by atoms with E-state index in [0.717, 1.165) is 0 Å². The van der Waals surface area contributed by atoms with Crippen molar-refractivity contribution in [2.45, 2.75) is 25.4 Å². The highest BCUT2D eigenvalue weighted by atomic mass is 16.6. The molecule has 0 aliphatic heterocycles. The van der Waals surface area contributed by atoms with E-state index in [-0.39, 0.29) is 0 Å². The number of aliphatic hydroxyl groups excluding tert-OH is 3. The van der Waals surface area contributed by atoms with Crippen LogP contribution in [0.5, 0.6) is 0 Å². The average Bonchev–Trinajstić information content (AvgIpc) is 1.98. The molecular weight excluding hydrogens is 168 g/mol. The number of ether oxygens (including phenoxy) is 1. The number of carbonyl (C=O) groups is 1. The number of carboxylic acid groups (broad SMARTS) is 1. The second kappa shape index (κ2) is 5.04. The molecule has 0 rings (SSSR count). The maximum atomic E-state index is 10.3. The van der Waals surface area contributed by atoms with Gasteiger partial charge < -0.3 is 25.2 Å². The van der Waals surface area contributed by atoms with Gasteiger partial charge in [-0.15, -0.1) is 0 Å². The summed E-state index contributed by atoms with van der Waals surface area (Å²) in [4.78, 5) is 10.3. The first kappa shape index (κ1) is 11.3. The van der Waals surface area contributed by atoms with Crippen molar-refractivity contribution in [3.8, 4) is 0 Å². The lowest BCUT2D eigenvalue weighted by Crippen LogP contribution is -2.40. The third-order valence-corrected chi connectivity index (χ3v) is 1.12. The van der Waals surface area contributed by atoms with E-state index in [9.17, 15) is 4.79 Å². The largest absolute Gasteiger partial charge is 0.479 e. The molecule has 0 aromatic rings. The molecule has 0 heterocycles. The van der Waals surface area contributed by atoms with Crippen molar-refractivity contribution in [2.75, 3.05) is 6.61 Å². The summed E-state index contributed by atoms with van der Waals surface area (Å²) in [5.41, 5.74) is 0. The van der Waals surface area contributed by atoms with Crippen LogP contribution in [0.4, 0.5) is 0 Å². The Hall–Kier alpha value is -0.690. The van der Waals surface area contributed by atoms with E-state index in [1.807, 2.05) is 0 Å². The fourth-order valence-corrected chi connectivity index (χ4v) is 0.621. The molecule has 6 heteroatoms. The molecule has 3 atom stereocenters. The van der Waals surface area contributed by atoms with Crippen molar-refractivity contribution < 1.29 is 30.0 Å². The highest BCUT2D eigenvalue weighted by Gasteiger charge is 2.28. The Labute approximate surface area is 69.0 Å².